The maximum absolute atomic E-state index is 12.3. The van der Waals surface area contributed by atoms with Crippen LogP contribution in [0.4, 0.5) is 0 Å². The SMILES string of the molecule is Cn1c(Sc2ncc(-c3ccccc3)n2C2CC2)c(C#N)c(=O)n(C)c1=O. The van der Waals surface area contributed by atoms with Gasteiger partial charge in [-0.25, -0.2) is 9.78 Å². The van der Waals surface area contributed by atoms with Crippen molar-refractivity contribution in [1.29, 1.82) is 5.26 Å². The molecule has 7 nitrogen and oxygen atoms in total. The lowest BCUT2D eigenvalue weighted by Crippen LogP contribution is -2.39. The summed E-state index contributed by atoms with van der Waals surface area (Å²) in [6.07, 6.45) is 3.93. The Labute approximate surface area is 159 Å². The van der Waals surface area contributed by atoms with Crippen LogP contribution in [0.1, 0.15) is 24.4 Å². The Kier molecular flexibility index (Phi) is 4.24. The molecule has 3 aromatic rings. The first kappa shape index (κ1) is 17.4. The van der Waals surface area contributed by atoms with Gasteiger partial charge in [0.15, 0.2) is 5.16 Å². The monoisotopic (exact) mass is 379 g/mol. The van der Waals surface area contributed by atoms with Gasteiger partial charge in [-0.3, -0.25) is 13.9 Å². The normalized spacial score (nSPS) is 13.5. The Morgan fingerprint density at radius 1 is 1.15 bits per heavy atom. The molecule has 2 heterocycles. The number of imidazole rings is 1. The summed E-state index contributed by atoms with van der Waals surface area (Å²) in [7, 11) is 2.94. The Hall–Kier alpha value is -3.05. The molecule has 0 bridgehead atoms. The smallest absolute Gasteiger partial charge is 0.316 e. The number of nitriles is 1. The molecular formula is C19H17N5O2S. The van der Waals surface area contributed by atoms with Gasteiger partial charge in [0.1, 0.15) is 16.7 Å². The minimum absolute atomic E-state index is 0.0452. The van der Waals surface area contributed by atoms with Crippen molar-refractivity contribution >= 4 is 11.8 Å². The molecule has 0 radical (unpaired) electrons. The predicted molar refractivity (Wildman–Crippen MR) is 102 cm³/mol. The quantitative estimate of drug-likeness (QED) is 0.650. The van der Waals surface area contributed by atoms with Crippen molar-refractivity contribution in [2.24, 2.45) is 14.1 Å². The fourth-order valence-corrected chi connectivity index (χ4v) is 4.13. The highest BCUT2D eigenvalue weighted by Crippen LogP contribution is 2.43. The molecule has 8 heteroatoms. The number of benzene rings is 1. The van der Waals surface area contributed by atoms with Crippen LogP contribution in [0, 0.1) is 11.3 Å². The van der Waals surface area contributed by atoms with Crippen LogP contribution in [0.5, 0.6) is 0 Å². The molecule has 1 aliphatic carbocycles. The van der Waals surface area contributed by atoms with Crippen molar-refractivity contribution in [1.82, 2.24) is 18.7 Å². The molecule has 0 saturated heterocycles. The molecule has 0 unspecified atom stereocenters. The molecular weight excluding hydrogens is 362 g/mol. The van der Waals surface area contributed by atoms with E-state index in [4.69, 9.17) is 0 Å². The lowest BCUT2D eigenvalue weighted by molar-refractivity contribution is 0.625. The van der Waals surface area contributed by atoms with E-state index in [0.29, 0.717) is 16.2 Å². The molecule has 2 aromatic heterocycles. The molecule has 136 valence electrons. The van der Waals surface area contributed by atoms with Crippen LogP contribution in [0.15, 0.2) is 56.3 Å². The van der Waals surface area contributed by atoms with Crippen LogP contribution in [0.2, 0.25) is 0 Å². The van der Waals surface area contributed by atoms with Crippen molar-refractivity contribution in [3.8, 4) is 17.3 Å². The predicted octanol–water partition coefficient (Wildman–Crippen LogP) is 2.31. The number of hydrogen-bond donors (Lipinski definition) is 0. The van der Waals surface area contributed by atoms with E-state index in [0.717, 1.165) is 28.7 Å². The lowest BCUT2D eigenvalue weighted by atomic mass is 10.2. The zero-order valence-corrected chi connectivity index (χ0v) is 15.7. The van der Waals surface area contributed by atoms with Crippen molar-refractivity contribution in [2.75, 3.05) is 0 Å². The average Bonchev–Trinajstić information content (AvgIpc) is 3.45. The van der Waals surface area contributed by atoms with Crippen LogP contribution in [0.3, 0.4) is 0 Å². The van der Waals surface area contributed by atoms with Gasteiger partial charge in [0, 0.05) is 20.1 Å². The van der Waals surface area contributed by atoms with E-state index >= 15 is 0 Å². The number of hydrogen-bond acceptors (Lipinski definition) is 5. The van der Waals surface area contributed by atoms with Gasteiger partial charge in [0.25, 0.3) is 5.56 Å². The molecule has 0 aliphatic heterocycles. The van der Waals surface area contributed by atoms with E-state index in [-0.39, 0.29) is 5.56 Å². The number of rotatable bonds is 4. The molecule has 0 atom stereocenters. The maximum Gasteiger partial charge on any atom is 0.331 e. The molecule has 0 amide bonds. The second kappa shape index (κ2) is 6.59. The molecule has 27 heavy (non-hydrogen) atoms. The lowest BCUT2D eigenvalue weighted by Gasteiger charge is -2.13. The van der Waals surface area contributed by atoms with Gasteiger partial charge in [-0.05, 0) is 30.2 Å². The summed E-state index contributed by atoms with van der Waals surface area (Å²) in [6.45, 7) is 0. The summed E-state index contributed by atoms with van der Waals surface area (Å²) in [5, 5.41) is 10.5. The zero-order chi connectivity index (χ0) is 19.1. The van der Waals surface area contributed by atoms with E-state index in [9.17, 15) is 14.9 Å². The second-order valence-corrected chi connectivity index (χ2v) is 7.45. The summed E-state index contributed by atoms with van der Waals surface area (Å²) in [4.78, 5) is 29.2. The number of aromatic nitrogens is 4. The van der Waals surface area contributed by atoms with E-state index in [1.54, 1.807) is 13.2 Å². The van der Waals surface area contributed by atoms with E-state index in [1.807, 2.05) is 36.4 Å². The van der Waals surface area contributed by atoms with E-state index in [1.165, 1.54) is 23.4 Å². The third-order valence-electron chi connectivity index (χ3n) is 4.66. The zero-order valence-electron chi connectivity index (χ0n) is 14.9. The summed E-state index contributed by atoms with van der Waals surface area (Å²) in [6, 6.07) is 12.3. The number of nitrogens with zero attached hydrogens (tertiary/aromatic N) is 5. The molecule has 1 aromatic carbocycles. The van der Waals surface area contributed by atoms with Gasteiger partial charge in [0.2, 0.25) is 0 Å². The Bertz CT molecular complexity index is 1180. The summed E-state index contributed by atoms with van der Waals surface area (Å²) >= 11 is 1.19. The molecule has 1 fully saturated rings. The van der Waals surface area contributed by atoms with Gasteiger partial charge in [-0.2, -0.15) is 5.26 Å². The van der Waals surface area contributed by atoms with E-state index in [2.05, 4.69) is 9.55 Å². The van der Waals surface area contributed by atoms with Crippen molar-refractivity contribution < 1.29 is 0 Å². The van der Waals surface area contributed by atoms with Gasteiger partial charge in [-0.1, -0.05) is 30.3 Å². The summed E-state index contributed by atoms with van der Waals surface area (Å²) < 4.78 is 4.42. The topological polar surface area (TPSA) is 85.6 Å². The maximum atomic E-state index is 12.3. The highest BCUT2D eigenvalue weighted by Gasteiger charge is 2.30. The van der Waals surface area contributed by atoms with Crippen LogP contribution >= 0.6 is 11.8 Å². The molecule has 0 spiro atoms. The standard InChI is InChI=1S/C19H17N5O2S/c1-22-16(25)14(10-20)17(23(2)19(22)26)27-18-21-11-15(24(18)13-8-9-13)12-6-4-3-5-7-12/h3-7,11,13H,8-9H2,1-2H3. The van der Waals surface area contributed by atoms with Crippen molar-refractivity contribution in [3.05, 3.63) is 62.9 Å². The molecule has 4 rings (SSSR count). The van der Waals surface area contributed by atoms with Crippen molar-refractivity contribution in [3.63, 3.8) is 0 Å². The minimum Gasteiger partial charge on any atom is -0.316 e. The first-order valence-electron chi connectivity index (χ1n) is 8.53. The average molecular weight is 379 g/mol. The second-order valence-electron chi connectivity index (χ2n) is 6.49. The fourth-order valence-electron chi connectivity index (χ4n) is 3.05. The Morgan fingerprint density at radius 3 is 2.48 bits per heavy atom. The van der Waals surface area contributed by atoms with Crippen molar-refractivity contribution in [2.45, 2.75) is 29.1 Å². The van der Waals surface area contributed by atoms with Crippen LogP contribution in [0.25, 0.3) is 11.3 Å². The summed E-state index contributed by atoms with van der Waals surface area (Å²) in [5.74, 6) is 0. The van der Waals surface area contributed by atoms with Crippen LogP contribution < -0.4 is 11.2 Å². The van der Waals surface area contributed by atoms with Crippen LogP contribution in [-0.2, 0) is 14.1 Å². The van der Waals surface area contributed by atoms with Gasteiger partial charge >= 0.3 is 5.69 Å². The third-order valence-corrected chi connectivity index (χ3v) is 5.81. The van der Waals surface area contributed by atoms with Gasteiger partial charge in [0.05, 0.1) is 11.9 Å². The van der Waals surface area contributed by atoms with Gasteiger partial charge < -0.3 is 4.57 Å². The third kappa shape index (κ3) is 2.90. The van der Waals surface area contributed by atoms with Crippen LogP contribution in [-0.4, -0.2) is 18.7 Å². The Morgan fingerprint density at radius 2 is 1.85 bits per heavy atom. The molecule has 1 aliphatic rings. The molecule has 0 N–H and O–H groups in total. The first-order chi connectivity index (χ1) is 13.0. The fraction of sp³-hybridized carbons (Fsp3) is 0.263. The highest BCUT2D eigenvalue weighted by atomic mass is 32.2. The summed E-state index contributed by atoms with van der Waals surface area (Å²) in [5.41, 5.74) is 0.955. The highest BCUT2D eigenvalue weighted by molar-refractivity contribution is 7.99. The molecule has 1 saturated carbocycles. The van der Waals surface area contributed by atoms with Gasteiger partial charge in [-0.15, -0.1) is 0 Å². The minimum atomic E-state index is -0.587. The van der Waals surface area contributed by atoms with E-state index < -0.39 is 11.2 Å². The largest absolute Gasteiger partial charge is 0.331 e. The Balaban J connectivity index is 1.86. The first-order valence-corrected chi connectivity index (χ1v) is 9.35.